The Kier molecular flexibility index (Phi) is 6.83. The lowest BCUT2D eigenvalue weighted by Crippen LogP contribution is -2.40. The third-order valence-corrected chi connectivity index (χ3v) is 2.85. The molecule has 96 valence electrons. The minimum Gasteiger partial charge on any atom is -0.340 e. The van der Waals surface area contributed by atoms with Gasteiger partial charge in [0, 0.05) is 19.0 Å². The molecule has 0 spiro atoms. The van der Waals surface area contributed by atoms with Gasteiger partial charge in [-0.3, -0.25) is 4.79 Å². The molecule has 1 rings (SSSR count). The van der Waals surface area contributed by atoms with Crippen molar-refractivity contribution in [2.45, 2.75) is 38.2 Å². The quantitative estimate of drug-likeness (QED) is 0.835. The van der Waals surface area contributed by atoms with Crippen molar-refractivity contribution in [3.63, 3.8) is 0 Å². The van der Waals surface area contributed by atoms with Crippen molar-refractivity contribution in [2.75, 3.05) is 13.6 Å². The second-order valence-corrected chi connectivity index (χ2v) is 4.23. The fraction of sp³-hybridized carbons (Fsp3) is 0.900. The van der Waals surface area contributed by atoms with Gasteiger partial charge in [-0.2, -0.15) is 0 Å². The molecule has 3 nitrogen and oxygen atoms in total. The molecule has 1 saturated carbocycles. The number of carbonyl (C=O) groups is 1. The fourth-order valence-corrected chi connectivity index (χ4v) is 2.06. The summed E-state index contributed by atoms with van der Waals surface area (Å²) < 4.78 is 24.1. The van der Waals surface area contributed by atoms with Crippen molar-refractivity contribution in [3.05, 3.63) is 0 Å². The van der Waals surface area contributed by atoms with Crippen LogP contribution in [0.4, 0.5) is 8.78 Å². The number of nitrogens with two attached hydrogens (primary N) is 1. The molecule has 16 heavy (non-hydrogen) atoms. The smallest absolute Gasteiger partial charge is 0.255 e. The first-order chi connectivity index (χ1) is 7.00. The zero-order valence-corrected chi connectivity index (χ0v) is 10.2. The van der Waals surface area contributed by atoms with E-state index in [1.807, 2.05) is 0 Å². The molecule has 0 aliphatic heterocycles. The highest BCUT2D eigenvalue weighted by Gasteiger charge is 2.28. The maximum Gasteiger partial charge on any atom is 0.255 e. The number of nitrogens with zero attached hydrogens (tertiary/aromatic N) is 1. The van der Waals surface area contributed by atoms with Gasteiger partial charge in [0.1, 0.15) is 0 Å². The SMILES string of the molecule is CN(CC(F)F)C(=O)C1CCCC(N)C1.Cl. The molecule has 2 N–H and O–H groups in total. The van der Waals surface area contributed by atoms with Crippen molar-refractivity contribution >= 4 is 18.3 Å². The Bertz CT molecular complexity index is 229. The Morgan fingerprint density at radius 1 is 1.50 bits per heavy atom. The molecule has 0 heterocycles. The normalized spacial score (nSPS) is 25.1. The van der Waals surface area contributed by atoms with Crippen LogP contribution in [0.25, 0.3) is 0 Å². The molecular weight excluding hydrogens is 238 g/mol. The first-order valence-electron chi connectivity index (χ1n) is 5.29. The van der Waals surface area contributed by atoms with Gasteiger partial charge in [0.25, 0.3) is 6.43 Å². The van der Waals surface area contributed by atoms with Gasteiger partial charge in [-0.1, -0.05) is 6.42 Å². The molecule has 1 fully saturated rings. The maximum atomic E-state index is 12.1. The Morgan fingerprint density at radius 3 is 2.62 bits per heavy atom. The second kappa shape index (κ2) is 7.01. The molecule has 0 saturated heterocycles. The Hall–Kier alpha value is -0.420. The van der Waals surface area contributed by atoms with E-state index in [1.165, 1.54) is 7.05 Å². The van der Waals surface area contributed by atoms with Crippen molar-refractivity contribution in [1.82, 2.24) is 4.90 Å². The molecule has 0 aromatic heterocycles. The summed E-state index contributed by atoms with van der Waals surface area (Å²) in [7, 11) is 1.43. The van der Waals surface area contributed by atoms with Gasteiger partial charge in [-0.05, 0) is 19.3 Å². The molecule has 6 heteroatoms. The summed E-state index contributed by atoms with van der Waals surface area (Å²) in [4.78, 5) is 12.8. The zero-order chi connectivity index (χ0) is 11.4. The van der Waals surface area contributed by atoms with E-state index in [9.17, 15) is 13.6 Å². The van der Waals surface area contributed by atoms with E-state index in [-0.39, 0.29) is 30.3 Å². The van der Waals surface area contributed by atoms with Gasteiger partial charge in [-0.25, -0.2) is 8.78 Å². The van der Waals surface area contributed by atoms with Crippen LogP contribution >= 0.6 is 12.4 Å². The van der Waals surface area contributed by atoms with E-state index in [2.05, 4.69) is 0 Å². The highest BCUT2D eigenvalue weighted by molar-refractivity contribution is 5.85. The van der Waals surface area contributed by atoms with Crippen LogP contribution in [0.3, 0.4) is 0 Å². The summed E-state index contributed by atoms with van der Waals surface area (Å²) >= 11 is 0. The van der Waals surface area contributed by atoms with Crippen molar-refractivity contribution in [2.24, 2.45) is 11.7 Å². The third-order valence-electron chi connectivity index (χ3n) is 2.85. The monoisotopic (exact) mass is 256 g/mol. The number of halogens is 3. The Labute approximate surface area is 101 Å². The van der Waals surface area contributed by atoms with Crippen LogP contribution < -0.4 is 5.73 Å². The van der Waals surface area contributed by atoms with Gasteiger partial charge < -0.3 is 10.6 Å². The van der Waals surface area contributed by atoms with E-state index in [0.29, 0.717) is 6.42 Å². The fourth-order valence-electron chi connectivity index (χ4n) is 2.06. The Balaban J connectivity index is 0.00000225. The van der Waals surface area contributed by atoms with Crippen LogP contribution in [-0.2, 0) is 4.79 Å². The van der Waals surface area contributed by atoms with E-state index < -0.39 is 13.0 Å². The van der Waals surface area contributed by atoms with Gasteiger partial charge in [0.2, 0.25) is 5.91 Å². The van der Waals surface area contributed by atoms with Crippen molar-refractivity contribution < 1.29 is 13.6 Å². The van der Waals surface area contributed by atoms with Crippen LogP contribution in [0.2, 0.25) is 0 Å². The first-order valence-corrected chi connectivity index (χ1v) is 5.29. The molecule has 1 aliphatic rings. The molecule has 0 bridgehead atoms. The second-order valence-electron chi connectivity index (χ2n) is 4.23. The molecule has 1 aliphatic carbocycles. The minimum atomic E-state index is -2.46. The predicted octanol–water partition coefficient (Wildman–Crippen LogP) is 1.65. The zero-order valence-electron chi connectivity index (χ0n) is 9.36. The molecule has 0 aromatic rings. The summed E-state index contributed by atoms with van der Waals surface area (Å²) in [5.74, 6) is -0.344. The van der Waals surface area contributed by atoms with Crippen molar-refractivity contribution in [3.8, 4) is 0 Å². The van der Waals surface area contributed by atoms with Gasteiger partial charge >= 0.3 is 0 Å². The number of hydrogen-bond donors (Lipinski definition) is 1. The molecule has 2 atom stereocenters. The van der Waals surface area contributed by atoms with Crippen LogP contribution in [0, 0.1) is 5.92 Å². The van der Waals surface area contributed by atoms with Gasteiger partial charge in [-0.15, -0.1) is 12.4 Å². The topological polar surface area (TPSA) is 46.3 Å². The first kappa shape index (κ1) is 15.6. The van der Waals surface area contributed by atoms with Crippen LogP contribution in [-0.4, -0.2) is 36.9 Å². The number of amides is 1. The van der Waals surface area contributed by atoms with E-state index in [1.54, 1.807) is 0 Å². The van der Waals surface area contributed by atoms with Gasteiger partial charge in [0.15, 0.2) is 0 Å². The lowest BCUT2D eigenvalue weighted by molar-refractivity contribution is -0.137. The number of carbonyl (C=O) groups excluding carboxylic acids is 1. The highest BCUT2D eigenvalue weighted by atomic mass is 35.5. The molecule has 0 aromatic carbocycles. The lowest BCUT2D eigenvalue weighted by atomic mass is 9.85. The molecule has 1 amide bonds. The van der Waals surface area contributed by atoms with Crippen molar-refractivity contribution in [1.29, 1.82) is 0 Å². The average molecular weight is 257 g/mol. The predicted molar refractivity (Wildman–Crippen MR) is 60.8 cm³/mol. The van der Waals surface area contributed by atoms with Crippen LogP contribution in [0.5, 0.6) is 0 Å². The summed E-state index contributed by atoms with van der Waals surface area (Å²) in [6.45, 7) is -0.482. The number of rotatable bonds is 3. The number of alkyl halides is 2. The Morgan fingerprint density at radius 2 is 2.12 bits per heavy atom. The third kappa shape index (κ3) is 4.61. The van der Waals surface area contributed by atoms with E-state index >= 15 is 0 Å². The standard InChI is InChI=1S/C10H18F2N2O.ClH/c1-14(6-9(11)12)10(15)7-3-2-4-8(13)5-7;/h7-9H,2-6,13H2,1H3;1H. The highest BCUT2D eigenvalue weighted by Crippen LogP contribution is 2.24. The summed E-state index contributed by atoms with van der Waals surface area (Å²) in [6, 6.07) is 0.0487. The maximum absolute atomic E-state index is 12.1. The molecule has 0 radical (unpaired) electrons. The summed E-state index contributed by atoms with van der Waals surface area (Å²) in [5, 5.41) is 0. The lowest BCUT2D eigenvalue weighted by Gasteiger charge is -2.29. The minimum absolute atomic E-state index is 0. The number of hydrogen-bond acceptors (Lipinski definition) is 2. The van der Waals surface area contributed by atoms with Crippen LogP contribution in [0.1, 0.15) is 25.7 Å². The summed E-state index contributed by atoms with van der Waals surface area (Å²) in [6.07, 6.45) is 0.797. The van der Waals surface area contributed by atoms with Gasteiger partial charge in [0.05, 0.1) is 6.54 Å². The largest absolute Gasteiger partial charge is 0.340 e. The average Bonchev–Trinajstić information content (AvgIpc) is 2.15. The molecular formula is C10H19ClF2N2O. The molecule has 2 unspecified atom stereocenters. The van der Waals surface area contributed by atoms with Crippen LogP contribution in [0.15, 0.2) is 0 Å². The summed E-state index contributed by atoms with van der Waals surface area (Å²) in [5.41, 5.74) is 5.75. The van der Waals surface area contributed by atoms with E-state index in [4.69, 9.17) is 5.73 Å². The van der Waals surface area contributed by atoms with E-state index in [0.717, 1.165) is 24.2 Å².